The van der Waals surface area contributed by atoms with Crippen molar-refractivity contribution in [2.75, 3.05) is 6.54 Å². The Morgan fingerprint density at radius 2 is 2.00 bits per heavy atom. The predicted molar refractivity (Wildman–Crippen MR) is 87.1 cm³/mol. The van der Waals surface area contributed by atoms with Gasteiger partial charge in [0.2, 0.25) is 0 Å². The number of amides is 2. The summed E-state index contributed by atoms with van der Waals surface area (Å²) in [4.78, 5) is 25.3. The zero-order valence-electron chi connectivity index (χ0n) is 12.0. The van der Waals surface area contributed by atoms with Crippen LogP contribution in [0.1, 0.15) is 11.1 Å². The summed E-state index contributed by atoms with van der Waals surface area (Å²) in [5.41, 5.74) is -1.08. The van der Waals surface area contributed by atoms with Crippen molar-refractivity contribution in [2.45, 2.75) is 6.18 Å². The number of halogens is 4. The summed E-state index contributed by atoms with van der Waals surface area (Å²) in [6.07, 6.45) is -2.01. The number of alkyl halides is 3. The van der Waals surface area contributed by atoms with Gasteiger partial charge in [-0.2, -0.15) is 13.2 Å². The number of hydrogen-bond acceptors (Lipinski definition) is 3. The van der Waals surface area contributed by atoms with Crippen molar-refractivity contribution in [2.24, 2.45) is 0 Å². The fourth-order valence-corrected chi connectivity index (χ4v) is 2.55. The summed E-state index contributed by atoms with van der Waals surface area (Å²) >= 11 is 10.5. The van der Waals surface area contributed by atoms with E-state index >= 15 is 0 Å². The van der Waals surface area contributed by atoms with Crippen molar-refractivity contribution in [3.05, 3.63) is 52.6 Å². The van der Waals surface area contributed by atoms with E-state index in [0.717, 1.165) is 29.2 Å². The highest BCUT2D eigenvalue weighted by molar-refractivity contribution is 7.80. The fourth-order valence-electron chi connectivity index (χ4n) is 2.01. The van der Waals surface area contributed by atoms with E-state index in [0.29, 0.717) is 0 Å². The van der Waals surface area contributed by atoms with E-state index in [9.17, 15) is 22.8 Å². The van der Waals surface area contributed by atoms with E-state index in [1.165, 1.54) is 6.08 Å². The van der Waals surface area contributed by atoms with Crippen LogP contribution in [0.5, 0.6) is 0 Å². The second kappa shape index (κ2) is 6.74. The number of carbonyl (C=O) groups is 2. The maximum atomic E-state index is 12.7. The smallest absolute Gasteiger partial charge is 0.298 e. The van der Waals surface area contributed by atoms with E-state index in [-0.39, 0.29) is 22.8 Å². The van der Waals surface area contributed by atoms with Gasteiger partial charge in [-0.15, -0.1) is 6.58 Å². The van der Waals surface area contributed by atoms with Crippen LogP contribution in [0, 0.1) is 0 Å². The lowest BCUT2D eigenvalue weighted by Gasteiger charge is -2.27. The first-order valence-corrected chi connectivity index (χ1v) is 7.30. The van der Waals surface area contributed by atoms with Crippen LogP contribution in [0.2, 0.25) is 5.02 Å². The highest BCUT2D eigenvalue weighted by atomic mass is 35.5. The van der Waals surface area contributed by atoms with Gasteiger partial charge in [0.1, 0.15) is 5.57 Å². The van der Waals surface area contributed by atoms with Crippen molar-refractivity contribution in [1.82, 2.24) is 10.2 Å². The van der Waals surface area contributed by atoms with Gasteiger partial charge in [-0.25, -0.2) is 0 Å². The van der Waals surface area contributed by atoms with E-state index in [2.05, 4.69) is 11.9 Å². The summed E-state index contributed by atoms with van der Waals surface area (Å²) in [7, 11) is 0. The van der Waals surface area contributed by atoms with E-state index < -0.39 is 28.6 Å². The summed E-state index contributed by atoms with van der Waals surface area (Å²) in [6.45, 7) is 3.57. The first-order valence-electron chi connectivity index (χ1n) is 6.51. The molecule has 126 valence electrons. The minimum atomic E-state index is -4.59. The number of nitrogens with zero attached hydrogens (tertiary/aromatic N) is 1. The Labute approximate surface area is 145 Å². The minimum absolute atomic E-state index is 0.0625. The number of thiocarbonyl (C=S) groups is 1. The van der Waals surface area contributed by atoms with E-state index in [1.54, 1.807) is 0 Å². The van der Waals surface area contributed by atoms with Crippen LogP contribution < -0.4 is 5.32 Å². The Morgan fingerprint density at radius 1 is 1.33 bits per heavy atom. The molecule has 0 spiro atoms. The average molecular weight is 375 g/mol. The highest BCUT2D eigenvalue weighted by Gasteiger charge is 2.34. The Hall–Kier alpha value is -2.19. The molecule has 1 heterocycles. The largest absolute Gasteiger partial charge is 0.417 e. The van der Waals surface area contributed by atoms with Gasteiger partial charge in [-0.05, 0) is 36.0 Å². The van der Waals surface area contributed by atoms with Gasteiger partial charge in [-0.3, -0.25) is 19.8 Å². The monoisotopic (exact) mass is 374 g/mol. The van der Waals surface area contributed by atoms with Crippen LogP contribution in [0.25, 0.3) is 6.08 Å². The van der Waals surface area contributed by atoms with Crippen LogP contribution in [0.3, 0.4) is 0 Å². The standard InChI is InChI=1S/C15H10ClF3N2O2S/c1-2-5-21-13(23)9(12(22)20-14(21)24)6-8-3-4-10(11(16)7-8)15(17,18)19/h2-4,6-7H,1,5H2,(H,20,22,24). The number of rotatable bonds is 3. The number of nitrogens with one attached hydrogen (secondary N) is 1. The van der Waals surface area contributed by atoms with Gasteiger partial charge in [0.15, 0.2) is 5.11 Å². The molecule has 2 amide bonds. The number of benzene rings is 1. The molecule has 1 fully saturated rings. The molecule has 0 unspecified atom stereocenters. The van der Waals surface area contributed by atoms with E-state index in [1.807, 2.05) is 0 Å². The second-order valence-corrected chi connectivity index (χ2v) is 5.55. The normalized spacial score (nSPS) is 17.2. The zero-order valence-corrected chi connectivity index (χ0v) is 13.6. The highest BCUT2D eigenvalue weighted by Crippen LogP contribution is 2.35. The predicted octanol–water partition coefficient (Wildman–Crippen LogP) is 3.17. The SMILES string of the molecule is C=CCN1C(=O)C(=Cc2ccc(C(F)(F)F)c(Cl)c2)C(=O)NC1=S. The van der Waals surface area contributed by atoms with Gasteiger partial charge in [0.05, 0.1) is 10.6 Å². The lowest BCUT2D eigenvalue weighted by atomic mass is 10.1. The van der Waals surface area contributed by atoms with Gasteiger partial charge in [0.25, 0.3) is 11.8 Å². The molecule has 0 bridgehead atoms. The molecule has 4 nitrogen and oxygen atoms in total. The average Bonchev–Trinajstić information content (AvgIpc) is 2.46. The van der Waals surface area contributed by atoms with Crippen molar-refractivity contribution in [3.63, 3.8) is 0 Å². The Kier molecular flexibility index (Phi) is 5.10. The van der Waals surface area contributed by atoms with Crippen LogP contribution in [0.4, 0.5) is 13.2 Å². The summed E-state index contributed by atoms with van der Waals surface area (Å²) in [5, 5.41) is 1.74. The zero-order chi connectivity index (χ0) is 18.1. The Morgan fingerprint density at radius 3 is 2.54 bits per heavy atom. The van der Waals surface area contributed by atoms with Crippen LogP contribution >= 0.6 is 23.8 Å². The second-order valence-electron chi connectivity index (χ2n) is 4.76. The van der Waals surface area contributed by atoms with Crippen LogP contribution in [-0.2, 0) is 15.8 Å². The molecule has 0 aromatic heterocycles. The minimum Gasteiger partial charge on any atom is -0.298 e. The lowest BCUT2D eigenvalue weighted by molar-refractivity contribution is -0.137. The van der Waals surface area contributed by atoms with Crippen molar-refractivity contribution in [3.8, 4) is 0 Å². The molecule has 2 rings (SSSR count). The topological polar surface area (TPSA) is 49.4 Å². The first kappa shape index (κ1) is 18.2. The molecule has 0 atom stereocenters. The van der Waals surface area contributed by atoms with Gasteiger partial charge < -0.3 is 0 Å². The third-order valence-electron chi connectivity index (χ3n) is 3.11. The summed E-state index contributed by atoms with van der Waals surface area (Å²) in [6, 6.07) is 2.93. The Balaban J connectivity index is 2.41. The maximum absolute atomic E-state index is 12.7. The van der Waals surface area contributed by atoms with Crippen LogP contribution in [0.15, 0.2) is 36.4 Å². The molecule has 24 heavy (non-hydrogen) atoms. The third kappa shape index (κ3) is 3.65. The summed E-state index contributed by atoms with van der Waals surface area (Å²) in [5.74, 6) is -1.40. The molecule has 0 aliphatic carbocycles. The molecule has 1 aromatic carbocycles. The van der Waals surface area contributed by atoms with Crippen molar-refractivity contribution in [1.29, 1.82) is 0 Å². The molecular formula is C15H10ClF3N2O2S. The van der Waals surface area contributed by atoms with Crippen molar-refractivity contribution < 1.29 is 22.8 Å². The fraction of sp³-hybridized carbons (Fsp3) is 0.133. The Bertz CT molecular complexity index is 774. The third-order valence-corrected chi connectivity index (χ3v) is 3.74. The molecule has 0 saturated carbocycles. The van der Waals surface area contributed by atoms with Crippen molar-refractivity contribution >= 4 is 46.8 Å². The molecular weight excluding hydrogens is 365 g/mol. The molecule has 0 radical (unpaired) electrons. The quantitative estimate of drug-likeness (QED) is 0.382. The maximum Gasteiger partial charge on any atom is 0.417 e. The van der Waals surface area contributed by atoms with E-state index in [4.69, 9.17) is 23.8 Å². The molecule has 1 aliphatic rings. The van der Waals surface area contributed by atoms with Gasteiger partial charge >= 0.3 is 6.18 Å². The molecule has 1 saturated heterocycles. The first-order chi connectivity index (χ1) is 11.1. The molecule has 1 aliphatic heterocycles. The number of carbonyl (C=O) groups excluding carboxylic acids is 2. The molecule has 9 heteroatoms. The number of hydrogen-bond donors (Lipinski definition) is 1. The van der Waals surface area contributed by atoms with Gasteiger partial charge in [0, 0.05) is 6.54 Å². The van der Waals surface area contributed by atoms with Gasteiger partial charge in [-0.1, -0.05) is 23.7 Å². The van der Waals surface area contributed by atoms with Crippen LogP contribution in [-0.4, -0.2) is 28.4 Å². The summed E-state index contributed by atoms with van der Waals surface area (Å²) < 4.78 is 38.1. The molecule has 1 N–H and O–H groups in total. The lowest BCUT2D eigenvalue weighted by Crippen LogP contribution is -2.53. The molecule has 1 aromatic rings.